The summed E-state index contributed by atoms with van der Waals surface area (Å²) in [4.78, 5) is 55.0. The maximum atomic E-state index is 13.7. The van der Waals surface area contributed by atoms with Gasteiger partial charge in [-0.1, -0.05) is 37.1 Å². The molecule has 4 atom stereocenters. The highest BCUT2D eigenvalue weighted by molar-refractivity contribution is 7.91. The standard InChI is InChI=1S/C30H43N5O8S/c1-29(2,3)43-28(39)31-22-15-9-7-5-6-8-13-20-19-30(20,32-25(36)23-16-12-18-35(23)26(22)37)27(38)34-44(40,41)33-21-14-10-11-17-24(21)42-4/h8,10-11,13-14,17,20,22-23,33H,5-7,9,12,15-16,18-19H2,1-4H3,(H,31,39)(H,32,36)(H,34,38)/b13-8-/t20-,22+,23+,30-/m1/s1. The molecule has 3 aliphatic rings. The average Bonchev–Trinajstić information content (AvgIpc) is 3.40. The molecular weight excluding hydrogens is 590 g/mol. The molecule has 4 amide bonds. The molecule has 14 heteroatoms. The minimum Gasteiger partial charge on any atom is -0.495 e. The number of benzene rings is 1. The third-order valence-electron chi connectivity index (χ3n) is 7.90. The molecule has 4 N–H and O–H groups in total. The molecule has 4 rings (SSSR count). The van der Waals surface area contributed by atoms with Gasteiger partial charge in [0.2, 0.25) is 11.8 Å². The molecular formula is C30H43N5O8S. The number of nitrogens with one attached hydrogen (secondary N) is 4. The fourth-order valence-electron chi connectivity index (χ4n) is 5.66. The highest BCUT2D eigenvalue weighted by Gasteiger charge is 2.61. The van der Waals surface area contributed by atoms with E-state index >= 15 is 0 Å². The number of para-hydroxylation sites is 2. The molecule has 0 radical (unpaired) electrons. The Morgan fingerprint density at radius 2 is 1.82 bits per heavy atom. The molecule has 242 valence electrons. The van der Waals surface area contributed by atoms with Gasteiger partial charge in [0.15, 0.2) is 0 Å². The zero-order valence-corrected chi connectivity index (χ0v) is 26.5. The monoisotopic (exact) mass is 633 g/mol. The number of nitrogens with zero attached hydrogens (tertiary/aromatic N) is 1. The van der Waals surface area contributed by atoms with Crippen molar-refractivity contribution in [1.29, 1.82) is 0 Å². The van der Waals surface area contributed by atoms with Gasteiger partial charge in [-0.2, -0.15) is 8.42 Å². The Balaban J connectivity index is 1.54. The zero-order valence-electron chi connectivity index (χ0n) is 25.7. The van der Waals surface area contributed by atoms with Crippen molar-refractivity contribution < 1.29 is 37.1 Å². The van der Waals surface area contributed by atoms with E-state index in [0.29, 0.717) is 38.6 Å². The Morgan fingerprint density at radius 1 is 1.07 bits per heavy atom. The molecule has 44 heavy (non-hydrogen) atoms. The van der Waals surface area contributed by atoms with Crippen LogP contribution in [0.3, 0.4) is 0 Å². The third kappa shape index (κ3) is 8.21. The molecule has 13 nitrogen and oxygen atoms in total. The van der Waals surface area contributed by atoms with Gasteiger partial charge in [-0.3, -0.25) is 19.1 Å². The summed E-state index contributed by atoms with van der Waals surface area (Å²) in [7, 11) is -3.00. The first-order valence-electron chi connectivity index (χ1n) is 15.0. The number of rotatable bonds is 6. The largest absolute Gasteiger partial charge is 0.495 e. The second kappa shape index (κ2) is 13.4. The number of hydrogen-bond acceptors (Lipinski definition) is 8. The Labute approximate surface area is 258 Å². The Morgan fingerprint density at radius 3 is 2.55 bits per heavy atom. The van der Waals surface area contributed by atoms with E-state index in [0.717, 1.165) is 12.8 Å². The average molecular weight is 634 g/mol. The van der Waals surface area contributed by atoms with Crippen molar-refractivity contribution in [2.24, 2.45) is 5.92 Å². The SMILES string of the molecule is COc1ccccc1NS(=O)(=O)NC(=O)[C@@]12C[C@H]1/C=C\CCCCC[C@H](NC(=O)OC(C)(C)C)C(=O)N1CCC[C@H]1C(=O)N2. The van der Waals surface area contributed by atoms with Crippen molar-refractivity contribution >= 4 is 39.7 Å². The van der Waals surface area contributed by atoms with Crippen LogP contribution in [0.5, 0.6) is 5.75 Å². The molecule has 0 unspecified atom stereocenters. The van der Waals surface area contributed by atoms with E-state index in [4.69, 9.17) is 9.47 Å². The number of hydrogen-bond donors (Lipinski definition) is 4. The Hall–Kier alpha value is -3.81. The van der Waals surface area contributed by atoms with Crippen LogP contribution in [0.2, 0.25) is 0 Å². The molecule has 0 spiro atoms. The van der Waals surface area contributed by atoms with Gasteiger partial charge in [0, 0.05) is 12.5 Å². The van der Waals surface area contributed by atoms with Crippen molar-refractivity contribution in [1.82, 2.24) is 20.3 Å². The first kappa shape index (κ1) is 33.1. The van der Waals surface area contributed by atoms with Gasteiger partial charge in [-0.15, -0.1) is 0 Å². The highest BCUT2D eigenvalue weighted by Crippen LogP contribution is 2.45. The second-order valence-electron chi connectivity index (χ2n) is 12.5. The number of amides is 4. The lowest BCUT2D eigenvalue weighted by atomic mass is 10.0. The van der Waals surface area contributed by atoms with Gasteiger partial charge in [-0.05, 0) is 71.4 Å². The summed E-state index contributed by atoms with van der Waals surface area (Å²) in [5.41, 5.74) is -2.11. The first-order chi connectivity index (χ1) is 20.7. The van der Waals surface area contributed by atoms with E-state index in [9.17, 15) is 27.6 Å². The van der Waals surface area contributed by atoms with Crippen molar-refractivity contribution in [2.45, 2.75) is 95.4 Å². The van der Waals surface area contributed by atoms with Gasteiger partial charge in [0.05, 0.1) is 12.8 Å². The molecule has 0 bridgehead atoms. The predicted octanol–water partition coefficient (Wildman–Crippen LogP) is 2.75. The fourth-order valence-corrected chi connectivity index (χ4v) is 6.59. The van der Waals surface area contributed by atoms with Crippen LogP contribution in [0.25, 0.3) is 0 Å². The van der Waals surface area contributed by atoms with Crippen LogP contribution >= 0.6 is 0 Å². The molecule has 1 aromatic carbocycles. The first-order valence-corrected chi connectivity index (χ1v) is 16.5. The number of carbonyl (C=O) groups excluding carboxylic acids is 4. The minimum atomic E-state index is -4.39. The maximum absolute atomic E-state index is 13.7. The number of anilines is 1. The summed E-state index contributed by atoms with van der Waals surface area (Å²) in [6.07, 6.45) is 7.55. The summed E-state index contributed by atoms with van der Waals surface area (Å²) in [6, 6.07) is 4.60. The van der Waals surface area contributed by atoms with Crippen LogP contribution in [-0.4, -0.2) is 74.0 Å². The summed E-state index contributed by atoms with van der Waals surface area (Å²) in [5, 5.41) is 5.50. The molecule has 2 aliphatic heterocycles. The second-order valence-corrected chi connectivity index (χ2v) is 13.9. The molecule has 1 aromatic rings. The smallest absolute Gasteiger partial charge is 0.408 e. The van der Waals surface area contributed by atoms with Gasteiger partial charge < -0.3 is 25.0 Å². The Kier molecular flexibility index (Phi) is 10.1. The van der Waals surface area contributed by atoms with E-state index in [1.165, 1.54) is 18.1 Å². The molecule has 2 heterocycles. The number of alkyl carbamates (subject to hydrolysis) is 1. The third-order valence-corrected chi connectivity index (χ3v) is 8.85. The summed E-state index contributed by atoms with van der Waals surface area (Å²) < 4.78 is 40.9. The number of ether oxygens (including phenoxy) is 2. The predicted molar refractivity (Wildman–Crippen MR) is 163 cm³/mol. The summed E-state index contributed by atoms with van der Waals surface area (Å²) in [6.45, 7) is 5.51. The fraction of sp³-hybridized carbons (Fsp3) is 0.600. The molecule has 2 fully saturated rings. The van der Waals surface area contributed by atoms with Gasteiger partial charge >= 0.3 is 16.3 Å². The zero-order chi connectivity index (χ0) is 32.1. The lowest BCUT2D eigenvalue weighted by molar-refractivity contribution is -0.141. The van der Waals surface area contributed by atoms with E-state index in [2.05, 4.69) is 20.1 Å². The van der Waals surface area contributed by atoms with E-state index < -0.39 is 63.2 Å². The van der Waals surface area contributed by atoms with E-state index in [-0.39, 0.29) is 17.9 Å². The minimum absolute atomic E-state index is 0.140. The van der Waals surface area contributed by atoms with Gasteiger partial charge in [-0.25, -0.2) is 9.52 Å². The van der Waals surface area contributed by atoms with E-state index in [1.54, 1.807) is 39.0 Å². The van der Waals surface area contributed by atoms with Crippen LogP contribution in [-0.2, 0) is 29.3 Å². The Bertz CT molecular complexity index is 1390. The normalized spacial score (nSPS) is 26.9. The number of methoxy groups -OCH3 is 1. The quantitative estimate of drug-likeness (QED) is 0.346. The molecule has 0 aromatic heterocycles. The van der Waals surface area contributed by atoms with Crippen LogP contribution in [0.4, 0.5) is 10.5 Å². The maximum Gasteiger partial charge on any atom is 0.408 e. The van der Waals surface area contributed by atoms with Gasteiger partial charge in [0.1, 0.15) is 29.0 Å². The van der Waals surface area contributed by atoms with Crippen molar-refractivity contribution in [3.8, 4) is 5.75 Å². The van der Waals surface area contributed by atoms with Crippen molar-refractivity contribution in [3.05, 3.63) is 36.4 Å². The summed E-state index contributed by atoms with van der Waals surface area (Å²) >= 11 is 0. The van der Waals surface area contributed by atoms with Crippen LogP contribution in [0, 0.1) is 5.92 Å². The van der Waals surface area contributed by atoms with Crippen LogP contribution < -0.4 is 24.8 Å². The number of fused-ring (bicyclic) bond motifs is 2. The lowest BCUT2D eigenvalue weighted by Gasteiger charge is -2.30. The van der Waals surface area contributed by atoms with Crippen molar-refractivity contribution in [3.63, 3.8) is 0 Å². The van der Waals surface area contributed by atoms with Crippen LogP contribution in [0.1, 0.15) is 72.1 Å². The number of carbonyl (C=O) groups is 4. The number of allylic oxidation sites excluding steroid dienone is 1. The lowest BCUT2D eigenvalue weighted by Crippen LogP contribution is -2.58. The summed E-state index contributed by atoms with van der Waals surface area (Å²) in [5.74, 6) is -1.99. The van der Waals surface area contributed by atoms with Crippen molar-refractivity contribution in [2.75, 3.05) is 18.4 Å². The topological polar surface area (TPSA) is 172 Å². The molecule has 1 aliphatic carbocycles. The highest BCUT2D eigenvalue weighted by atomic mass is 32.2. The molecule has 1 saturated carbocycles. The van der Waals surface area contributed by atoms with Gasteiger partial charge in [0.25, 0.3) is 5.91 Å². The van der Waals surface area contributed by atoms with E-state index in [1.807, 2.05) is 12.2 Å². The molecule has 1 saturated heterocycles. The van der Waals surface area contributed by atoms with Crippen LogP contribution in [0.15, 0.2) is 36.4 Å².